The van der Waals surface area contributed by atoms with Crippen LogP contribution in [-0.4, -0.2) is 0 Å². The molecular formula is C19H32. The third-order valence-electron chi connectivity index (χ3n) is 5.31. The van der Waals surface area contributed by atoms with Crippen LogP contribution in [0.15, 0.2) is 22.8 Å². The second-order valence-corrected chi connectivity index (χ2v) is 6.52. The molecule has 0 aromatic carbocycles. The van der Waals surface area contributed by atoms with E-state index in [-0.39, 0.29) is 0 Å². The Morgan fingerprint density at radius 1 is 0.842 bits per heavy atom. The molecule has 0 N–H and O–H groups in total. The third-order valence-corrected chi connectivity index (χ3v) is 5.31. The lowest BCUT2D eigenvalue weighted by Crippen LogP contribution is -2.22. The minimum Gasteiger partial charge on any atom is -0.0727 e. The lowest BCUT2D eigenvalue weighted by Gasteiger charge is -2.36. The van der Waals surface area contributed by atoms with Gasteiger partial charge in [0, 0.05) is 0 Å². The Kier molecular flexibility index (Phi) is 5.73. The van der Waals surface area contributed by atoms with Crippen molar-refractivity contribution in [1.82, 2.24) is 0 Å². The quantitative estimate of drug-likeness (QED) is 0.509. The van der Waals surface area contributed by atoms with Gasteiger partial charge in [0.25, 0.3) is 0 Å². The van der Waals surface area contributed by atoms with Crippen molar-refractivity contribution in [2.45, 2.75) is 85.0 Å². The van der Waals surface area contributed by atoms with Crippen molar-refractivity contribution in [3.05, 3.63) is 22.8 Å². The van der Waals surface area contributed by atoms with Gasteiger partial charge in [-0.15, -0.1) is 0 Å². The molecule has 19 heavy (non-hydrogen) atoms. The topological polar surface area (TPSA) is 0 Å². The van der Waals surface area contributed by atoms with E-state index in [0.717, 1.165) is 11.8 Å². The van der Waals surface area contributed by atoms with E-state index in [2.05, 4.69) is 13.0 Å². The molecule has 3 aliphatic carbocycles. The van der Waals surface area contributed by atoms with Crippen LogP contribution in [0.5, 0.6) is 0 Å². The van der Waals surface area contributed by atoms with Gasteiger partial charge >= 0.3 is 0 Å². The molecule has 0 aromatic rings. The molecule has 0 heteroatoms. The molecule has 1 unspecified atom stereocenters. The highest BCUT2D eigenvalue weighted by molar-refractivity contribution is 5.34. The summed E-state index contributed by atoms with van der Waals surface area (Å²) in [7, 11) is 0. The largest absolute Gasteiger partial charge is 0.0727 e. The summed E-state index contributed by atoms with van der Waals surface area (Å²) in [6.45, 7) is 6.30. The van der Waals surface area contributed by atoms with Crippen LogP contribution in [-0.2, 0) is 0 Å². The summed E-state index contributed by atoms with van der Waals surface area (Å²) in [4.78, 5) is 0. The summed E-state index contributed by atoms with van der Waals surface area (Å²) >= 11 is 0. The zero-order chi connectivity index (χ0) is 13.7. The second-order valence-electron chi connectivity index (χ2n) is 6.52. The highest BCUT2D eigenvalue weighted by atomic mass is 14.3. The summed E-state index contributed by atoms with van der Waals surface area (Å²) in [5.41, 5.74) is 5.16. The van der Waals surface area contributed by atoms with Crippen LogP contribution in [0.25, 0.3) is 0 Å². The summed E-state index contributed by atoms with van der Waals surface area (Å²) in [6, 6.07) is 0. The molecule has 0 bridgehead atoms. The lowest BCUT2D eigenvalue weighted by molar-refractivity contribution is 0.226. The zero-order valence-electron chi connectivity index (χ0n) is 13.3. The minimum absolute atomic E-state index is 1.04. The van der Waals surface area contributed by atoms with E-state index in [1.807, 2.05) is 19.4 Å². The fourth-order valence-corrected chi connectivity index (χ4v) is 4.23. The van der Waals surface area contributed by atoms with E-state index in [4.69, 9.17) is 0 Å². The Hall–Kier alpha value is -0.520. The fraction of sp³-hybridized carbons (Fsp3) is 0.789. The van der Waals surface area contributed by atoms with Gasteiger partial charge in [-0.2, -0.15) is 0 Å². The van der Waals surface area contributed by atoms with Gasteiger partial charge in [0.2, 0.25) is 0 Å². The predicted octanol–water partition coefficient (Wildman–Crippen LogP) is 6.43. The minimum atomic E-state index is 1.04. The average Bonchev–Trinajstić information content (AvgIpc) is 2.49. The van der Waals surface area contributed by atoms with Crippen molar-refractivity contribution in [2.75, 3.05) is 0 Å². The molecule has 3 aliphatic rings. The number of hydrogen-bond donors (Lipinski definition) is 0. The van der Waals surface area contributed by atoms with Crippen LogP contribution >= 0.6 is 0 Å². The van der Waals surface area contributed by atoms with E-state index < -0.39 is 0 Å². The maximum Gasteiger partial charge on any atom is -0.0276 e. The predicted molar refractivity (Wildman–Crippen MR) is 85.3 cm³/mol. The van der Waals surface area contributed by atoms with E-state index in [0.29, 0.717) is 0 Å². The first-order valence-electron chi connectivity index (χ1n) is 8.71. The van der Waals surface area contributed by atoms with Crippen LogP contribution in [0, 0.1) is 11.8 Å². The summed E-state index contributed by atoms with van der Waals surface area (Å²) < 4.78 is 0. The molecule has 0 nitrogen and oxygen atoms in total. The van der Waals surface area contributed by atoms with Crippen molar-refractivity contribution in [1.29, 1.82) is 0 Å². The highest BCUT2D eigenvalue weighted by Crippen LogP contribution is 2.43. The molecule has 1 fully saturated rings. The van der Waals surface area contributed by atoms with Gasteiger partial charge in [-0.25, -0.2) is 0 Å². The Bertz CT molecular complexity index is 339. The van der Waals surface area contributed by atoms with E-state index >= 15 is 0 Å². The van der Waals surface area contributed by atoms with E-state index in [1.165, 1.54) is 64.2 Å². The highest BCUT2D eigenvalue weighted by Gasteiger charge is 2.28. The van der Waals surface area contributed by atoms with Gasteiger partial charge in [-0.1, -0.05) is 63.2 Å². The molecule has 0 radical (unpaired) electrons. The van der Waals surface area contributed by atoms with Crippen molar-refractivity contribution >= 4 is 0 Å². The van der Waals surface area contributed by atoms with Crippen molar-refractivity contribution in [2.24, 2.45) is 11.8 Å². The molecule has 1 saturated carbocycles. The van der Waals surface area contributed by atoms with Gasteiger partial charge in [0.15, 0.2) is 0 Å². The molecular weight excluding hydrogens is 228 g/mol. The van der Waals surface area contributed by atoms with Gasteiger partial charge in [-0.05, 0) is 56.4 Å². The van der Waals surface area contributed by atoms with Crippen LogP contribution in [0.1, 0.15) is 85.0 Å². The van der Waals surface area contributed by atoms with Gasteiger partial charge in [0.05, 0.1) is 0 Å². The molecule has 0 aromatic heterocycles. The Balaban J connectivity index is 0.000000637. The molecule has 0 saturated heterocycles. The van der Waals surface area contributed by atoms with Crippen molar-refractivity contribution in [3.8, 4) is 0 Å². The normalized spacial score (nSPS) is 28.2. The first-order valence-corrected chi connectivity index (χ1v) is 8.71. The van der Waals surface area contributed by atoms with Gasteiger partial charge in [-0.3, -0.25) is 0 Å². The Morgan fingerprint density at radius 3 is 2.32 bits per heavy atom. The molecule has 3 rings (SSSR count). The SMILES string of the molecule is CC.CC1=CC2=C(CC1)CC(C1CCCCC1)CC2. The van der Waals surface area contributed by atoms with Crippen molar-refractivity contribution in [3.63, 3.8) is 0 Å². The molecule has 108 valence electrons. The third kappa shape index (κ3) is 3.74. The second kappa shape index (κ2) is 7.31. The van der Waals surface area contributed by atoms with E-state index in [9.17, 15) is 0 Å². The van der Waals surface area contributed by atoms with E-state index in [1.54, 1.807) is 11.1 Å². The monoisotopic (exact) mass is 260 g/mol. The molecule has 0 amide bonds. The Morgan fingerprint density at radius 2 is 1.58 bits per heavy atom. The molecule has 1 atom stereocenters. The summed E-state index contributed by atoms with van der Waals surface area (Å²) in [6.07, 6.45) is 17.1. The number of rotatable bonds is 1. The zero-order valence-corrected chi connectivity index (χ0v) is 13.3. The standard InChI is InChI=1S/C17H26.C2H6/c1-13-7-8-17-12-16(10-9-15(17)11-13)14-5-3-2-4-6-14;1-2/h11,14,16H,2-10,12H2,1H3;1-2H3. The molecule has 0 aliphatic heterocycles. The van der Waals surface area contributed by atoms with Crippen LogP contribution in [0.3, 0.4) is 0 Å². The Labute approximate surface area is 120 Å². The summed E-state index contributed by atoms with van der Waals surface area (Å²) in [5, 5.41) is 0. The first kappa shape index (κ1) is 14.9. The van der Waals surface area contributed by atoms with Crippen molar-refractivity contribution < 1.29 is 0 Å². The lowest BCUT2D eigenvalue weighted by atomic mass is 9.70. The van der Waals surface area contributed by atoms with Crippen LogP contribution in [0.2, 0.25) is 0 Å². The smallest absolute Gasteiger partial charge is 0.0276 e. The number of allylic oxidation sites excluding steroid dienone is 4. The maximum atomic E-state index is 2.50. The first-order chi connectivity index (χ1) is 9.33. The van der Waals surface area contributed by atoms with Crippen LogP contribution in [0.4, 0.5) is 0 Å². The average molecular weight is 260 g/mol. The fourth-order valence-electron chi connectivity index (χ4n) is 4.23. The molecule has 0 heterocycles. The van der Waals surface area contributed by atoms with Crippen LogP contribution < -0.4 is 0 Å². The van der Waals surface area contributed by atoms with Gasteiger partial charge in [0.1, 0.15) is 0 Å². The maximum absolute atomic E-state index is 2.50. The molecule has 0 spiro atoms. The summed E-state index contributed by atoms with van der Waals surface area (Å²) in [5.74, 6) is 2.12. The number of hydrogen-bond acceptors (Lipinski definition) is 0. The van der Waals surface area contributed by atoms with Gasteiger partial charge < -0.3 is 0 Å².